The van der Waals surface area contributed by atoms with Crippen molar-refractivity contribution in [3.05, 3.63) is 33.5 Å². The molecule has 0 spiro atoms. The minimum Gasteiger partial charge on any atom is -0.346 e. The van der Waals surface area contributed by atoms with E-state index in [0.717, 1.165) is 24.8 Å². The van der Waals surface area contributed by atoms with E-state index in [4.69, 9.17) is 0 Å². The van der Waals surface area contributed by atoms with Gasteiger partial charge in [0.1, 0.15) is 0 Å². The third-order valence-electron chi connectivity index (χ3n) is 2.69. The molecule has 2 rings (SSSR count). The number of thiophene rings is 1. The molecule has 104 valence electrons. The van der Waals surface area contributed by atoms with Gasteiger partial charge in [0.25, 0.3) is 0 Å². The van der Waals surface area contributed by atoms with Crippen LogP contribution in [-0.4, -0.2) is 18.6 Å². The summed E-state index contributed by atoms with van der Waals surface area (Å²) in [5, 5.41) is 6.66. The van der Waals surface area contributed by atoms with E-state index in [2.05, 4.69) is 53.6 Å². The maximum atomic E-state index is 4.50. The fourth-order valence-corrected chi connectivity index (χ4v) is 3.34. The SMILES string of the molecule is CC(C)CNCc1cnc(N(C)Cc2cccs2)s1. The zero-order chi connectivity index (χ0) is 13.7. The molecule has 0 saturated heterocycles. The standard InChI is InChI=1S/C14H21N3S2/c1-11(2)7-15-8-13-9-16-14(19-13)17(3)10-12-5-4-6-18-12/h4-6,9,11,15H,7-8,10H2,1-3H3. The minimum absolute atomic E-state index is 0.689. The molecule has 0 fully saturated rings. The lowest BCUT2D eigenvalue weighted by Crippen LogP contribution is -2.18. The van der Waals surface area contributed by atoms with Crippen LogP contribution in [0, 0.1) is 5.92 Å². The van der Waals surface area contributed by atoms with E-state index in [1.165, 1.54) is 9.75 Å². The van der Waals surface area contributed by atoms with Gasteiger partial charge >= 0.3 is 0 Å². The third kappa shape index (κ3) is 4.60. The topological polar surface area (TPSA) is 28.2 Å². The molecule has 5 heteroatoms. The molecule has 0 atom stereocenters. The minimum atomic E-state index is 0.689. The van der Waals surface area contributed by atoms with Gasteiger partial charge in [0.05, 0.1) is 6.54 Å². The van der Waals surface area contributed by atoms with Gasteiger partial charge in [-0.15, -0.1) is 22.7 Å². The van der Waals surface area contributed by atoms with Gasteiger partial charge < -0.3 is 10.2 Å². The summed E-state index contributed by atoms with van der Waals surface area (Å²) in [4.78, 5) is 9.39. The zero-order valence-corrected chi connectivity index (χ0v) is 13.4. The molecular weight excluding hydrogens is 274 g/mol. The van der Waals surface area contributed by atoms with Gasteiger partial charge in [-0.3, -0.25) is 0 Å². The smallest absolute Gasteiger partial charge is 0.185 e. The fraction of sp³-hybridized carbons (Fsp3) is 0.500. The number of anilines is 1. The van der Waals surface area contributed by atoms with Crippen LogP contribution in [0.4, 0.5) is 5.13 Å². The van der Waals surface area contributed by atoms with E-state index in [1.807, 2.05) is 6.20 Å². The number of hydrogen-bond acceptors (Lipinski definition) is 5. The van der Waals surface area contributed by atoms with Crippen molar-refractivity contribution < 1.29 is 0 Å². The molecule has 0 aliphatic carbocycles. The van der Waals surface area contributed by atoms with Crippen molar-refractivity contribution in [2.45, 2.75) is 26.9 Å². The summed E-state index contributed by atoms with van der Waals surface area (Å²) in [7, 11) is 2.10. The van der Waals surface area contributed by atoms with Gasteiger partial charge in [-0.25, -0.2) is 4.98 Å². The average Bonchev–Trinajstić information content (AvgIpc) is 2.99. The van der Waals surface area contributed by atoms with E-state index in [1.54, 1.807) is 22.7 Å². The number of thiazole rings is 1. The first-order valence-corrected chi connectivity index (χ1v) is 8.23. The second kappa shape index (κ2) is 7.03. The van der Waals surface area contributed by atoms with Gasteiger partial charge in [-0.2, -0.15) is 0 Å². The Hall–Kier alpha value is -0.910. The Morgan fingerprint density at radius 3 is 2.89 bits per heavy atom. The highest BCUT2D eigenvalue weighted by Gasteiger charge is 2.08. The highest BCUT2D eigenvalue weighted by atomic mass is 32.1. The molecular formula is C14H21N3S2. The van der Waals surface area contributed by atoms with Gasteiger partial charge in [-0.05, 0) is 23.9 Å². The van der Waals surface area contributed by atoms with Gasteiger partial charge in [-0.1, -0.05) is 19.9 Å². The molecule has 0 bridgehead atoms. The number of nitrogens with zero attached hydrogens (tertiary/aromatic N) is 2. The Balaban J connectivity index is 1.85. The monoisotopic (exact) mass is 295 g/mol. The third-order valence-corrected chi connectivity index (χ3v) is 4.67. The van der Waals surface area contributed by atoms with Crippen LogP contribution < -0.4 is 10.2 Å². The van der Waals surface area contributed by atoms with Crippen molar-refractivity contribution in [3.63, 3.8) is 0 Å². The second-order valence-corrected chi connectivity index (χ2v) is 7.20. The van der Waals surface area contributed by atoms with Gasteiger partial charge in [0.15, 0.2) is 5.13 Å². The van der Waals surface area contributed by atoms with Crippen molar-refractivity contribution >= 4 is 27.8 Å². The number of aromatic nitrogens is 1. The Bertz CT molecular complexity index is 477. The van der Waals surface area contributed by atoms with E-state index < -0.39 is 0 Å². The molecule has 0 aliphatic rings. The van der Waals surface area contributed by atoms with Crippen molar-refractivity contribution in [1.29, 1.82) is 0 Å². The lowest BCUT2D eigenvalue weighted by Gasteiger charge is -2.14. The summed E-state index contributed by atoms with van der Waals surface area (Å²) in [6.45, 7) is 7.35. The zero-order valence-electron chi connectivity index (χ0n) is 11.7. The molecule has 0 aliphatic heterocycles. The fourth-order valence-electron chi connectivity index (χ4n) is 1.74. The van der Waals surface area contributed by atoms with Crippen LogP contribution in [-0.2, 0) is 13.1 Å². The van der Waals surface area contributed by atoms with Crippen LogP contribution in [0.1, 0.15) is 23.6 Å². The van der Waals surface area contributed by atoms with Crippen LogP contribution in [0.3, 0.4) is 0 Å². The van der Waals surface area contributed by atoms with Crippen molar-refractivity contribution in [2.75, 3.05) is 18.5 Å². The predicted molar refractivity (Wildman–Crippen MR) is 85.1 cm³/mol. The number of nitrogens with one attached hydrogen (secondary N) is 1. The lowest BCUT2D eigenvalue weighted by atomic mass is 10.2. The van der Waals surface area contributed by atoms with Gasteiger partial charge in [0.2, 0.25) is 0 Å². The summed E-state index contributed by atoms with van der Waals surface area (Å²) in [6.07, 6.45) is 1.98. The maximum Gasteiger partial charge on any atom is 0.185 e. The molecule has 0 aromatic carbocycles. The molecule has 3 nitrogen and oxygen atoms in total. The predicted octanol–water partition coefficient (Wildman–Crippen LogP) is 3.59. The summed E-state index contributed by atoms with van der Waals surface area (Å²) < 4.78 is 0. The molecule has 2 aromatic rings. The average molecular weight is 295 g/mol. The molecule has 2 heterocycles. The molecule has 0 saturated carbocycles. The molecule has 1 N–H and O–H groups in total. The second-order valence-electron chi connectivity index (χ2n) is 5.07. The molecule has 2 aromatic heterocycles. The normalized spacial score (nSPS) is 11.2. The first-order chi connectivity index (χ1) is 9.15. The first kappa shape index (κ1) is 14.5. The lowest BCUT2D eigenvalue weighted by molar-refractivity contribution is 0.554. The molecule has 0 unspecified atom stereocenters. The van der Waals surface area contributed by atoms with E-state index in [0.29, 0.717) is 5.92 Å². The van der Waals surface area contributed by atoms with Crippen LogP contribution in [0.15, 0.2) is 23.7 Å². The van der Waals surface area contributed by atoms with E-state index in [9.17, 15) is 0 Å². The van der Waals surface area contributed by atoms with Crippen LogP contribution in [0.5, 0.6) is 0 Å². The Morgan fingerprint density at radius 1 is 1.37 bits per heavy atom. The highest BCUT2D eigenvalue weighted by Crippen LogP contribution is 2.23. The largest absolute Gasteiger partial charge is 0.346 e. The van der Waals surface area contributed by atoms with Crippen molar-refractivity contribution in [3.8, 4) is 0 Å². The van der Waals surface area contributed by atoms with Crippen LogP contribution >= 0.6 is 22.7 Å². The van der Waals surface area contributed by atoms with Crippen molar-refractivity contribution in [2.24, 2.45) is 5.92 Å². The van der Waals surface area contributed by atoms with Gasteiger partial charge in [0, 0.05) is 29.5 Å². The Kier molecular flexibility index (Phi) is 5.36. The Morgan fingerprint density at radius 2 is 2.21 bits per heavy atom. The highest BCUT2D eigenvalue weighted by molar-refractivity contribution is 7.15. The summed E-state index contributed by atoms with van der Waals surface area (Å²) in [6, 6.07) is 4.26. The summed E-state index contributed by atoms with van der Waals surface area (Å²) in [5.74, 6) is 0.689. The molecule has 0 amide bonds. The quantitative estimate of drug-likeness (QED) is 0.846. The van der Waals surface area contributed by atoms with Crippen LogP contribution in [0.25, 0.3) is 0 Å². The van der Waals surface area contributed by atoms with E-state index >= 15 is 0 Å². The maximum absolute atomic E-state index is 4.50. The van der Waals surface area contributed by atoms with Crippen molar-refractivity contribution in [1.82, 2.24) is 10.3 Å². The number of rotatable bonds is 7. The van der Waals surface area contributed by atoms with Crippen LogP contribution in [0.2, 0.25) is 0 Å². The summed E-state index contributed by atoms with van der Waals surface area (Å²) in [5.41, 5.74) is 0. The molecule has 0 radical (unpaired) electrons. The first-order valence-electron chi connectivity index (χ1n) is 6.54. The number of hydrogen-bond donors (Lipinski definition) is 1. The summed E-state index contributed by atoms with van der Waals surface area (Å²) >= 11 is 3.56. The molecule has 19 heavy (non-hydrogen) atoms. The van der Waals surface area contributed by atoms with E-state index in [-0.39, 0.29) is 0 Å². The Labute approximate surface area is 123 Å².